The molecule has 5 atom stereocenters. The second kappa shape index (κ2) is 15.4. The number of carbonyl (C=O) groups is 4. The molecule has 0 aromatic heterocycles. The zero-order valence-corrected chi connectivity index (χ0v) is 32.6. The van der Waals surface area contributed by atoms with Crippen LogP contribution in [0.15, 0.2) is 47.6 Å². The Labute approximate surface area is 325 Å². The van der Waals surface area contributed by atoms with E-state index in [9.17, 15) is 36.4 Å². The summed E-state index contributed by atoms with van der Waals surface area (Å²) in [6, 6.07) is 11.6. The lowest BCUT2D eigenvalue weighted by molar-refractivity contribution is -0.143. The minimum absolute atomic E-state index is 0.137. The van der Waals surface area contributed by atoms with Gasteiger partial charge in [0.05, 0.1) is 24.3 Å². The number of fused-ring (bicyclic) bond motifs is 6. The van der Waals surface area contributed by atoms with E-state index in [1.165, 1.54) is 4.90 Å². The third-order valence-electron chi connectivity index (χ3n) is 11.4. The smallest absolute Gasteiger partial charge is 0.407 e. The molecular formula is C40H49F2N5O8S. The summed E-state index contributed by atoms with van der Waals surface area (Å²) in [4.78, 5) is 62.5. The number of amides is 4. The number of sulfonamides is 1. The molecule has 2 aromatic carbocycles. The number of rotatable bonds is 6. The average molecular weight is 798 g/mol. The molecule has 1 saturated heterocycles. The minimum atomic E-state index is -4.12. The number of aryl methyl sites for hydroxylation is 1. The van der Waals surface area contributed by atoms with Crippen LogP contribution in [-0.4, -0.2) is 91.4 Å². The Balaban J connectivity index is 1.21. The van der Waals surface area contributed by atoms with E-state index >= 15 is 0 Å². The summed E-state index contributed by atoms with van der Waals surface area (Å²) in [6.45, 7) is 5.20. The molecule has 13 nitrogen and oxygen atoms in total. The maximum absolute atomic E-state index is 14.5. The fourth-order valence-electron chi connectivity index (χ4n) is 7.98. The maximum atomic E-state index is 14.5. The van der Waals surface area contributed by atoms with Gasteiger partial charge in [0.15, 0.2) is 0 Å². The molecule has 7 rings (SSSR count). The highest BCUT2D eigenvalue weighted by atomic mass is 32.2. The van der Waals surface area contributed by atoms with Gasteiger partial charge in [-0.2, -0.15) is 0 Å². The number of cyclic esters (lactones) is 1. The topological polar surface area (TPSA) is 173 Å². The Morgan fingerprint density at radius 1 is 0.982 bits per heavy atom. The molecule has 0 radical (unpaired) electrons. The lowest BCUT2D eigenvalue weighted by Crippen LogP contribution is -2.60. The zero-order chi connectivity index (χ0) is 40.0. The van der Waals surface area contributed by atoms with Gasteiger partial charge in [-0.3, -0.25) is 19.1 Å². The minimum Gasteiger partial charge on any atom is -0.450 e. The Morgan fingerprint density at radius 2 is 1.68 bits per heavy atom. The Kier molecular flexibility index (Phi) is 10.9. The molecule has 302 valence electrons. The van der Waals surface area contributed by atoms with Crippen LogP contribution in [0.3, 0.4) is 0 Å². The number of nitrogens with zero attached hydrogens (tertiary/aromatic N) is 2. The second-order valence-electron chi connectivity index (χ2n) is 16.7. The van der Waals surface area contributed by atoms with Crippen molar-refractivity contribution in [3.05, 3.63) is 59.2 Å². The monoisotopic (exact) mass is 797 g/mol. The van der Waals surface area contributed by atoms with Gasteiger partial charge in [0.1, 0.15) is 29.4 Å². The molecular weight excluding hydrogens is 749 g/mol. The Bertz CT molecular complexity index is 2030. The van der Waals surface area contributed by atoms with Crippen molar-refractivity contribution in [2.45, 2.75) is 120 Å². The van der Waals surface area contributed by atoms with Gasteiger partial charge in [0.25, 0.3) is 5.91 Å². The summed E-state index contributed by atoms with van der Waals surface area (Å²) < 4.78 is 60.9. The highest BCUT2D eigenvalue weighted by Crippen LogP contribution is 2.48. The van der Waals surface area contributed by atoms with Gasteiger partial charge in [-0.1, -0.05) is 81.6 Å². The van der Waals surface area contributed by atoms with E-state index in [2.05, 4.69) is 34.0 Å². The van der Waals surface area contributed by atoms with Crippen molar-refractivity contribution in [3.8, 4) is 11.1 Å². The van der Waals surface area contributed by atoms with Crippen molar-refractivity contribution in [3.63, 3.8) is 0 Å². The number of ether oxygens (including phenoxy) is 1. The van der Waals surface area contributed by atoms with Crippen molar-refractivity contribution >= 4 is 39.5 Å². The SMILES string of the molecule is CC(C)(C)[C@@H]1NC(=O)OCCCCCCCc2ccc3c(c2)/C(=N/O[C@@H]2C[C@@H](C(=O)N[C@@]4(C(=O)NS(=O)(=O)C5CC5)C[C@H]4C(F)F)N(C2)C1=O)c1ccccc1-3. The van der Waals surface area contributed by atoms with E-state index < -0.39 is 87.0 Å². The number of hydrogen-bond donors (Lipinski definition) is 3. The third-order valence-corrected chi connectivity index (χ3v) is 13.3. The lowest BCUT2D eigenvalue weighted by Gasteiger charge is -2.35. The van der Waals surface area contributed by atoms with Gasteiger partial charge >= 0.3 is 6.09 Å². The van der Waals surface area contributed by atoms with Crippen LogP contribution in [0.2, 0.25) is 0 Å². The van der Waals surface area contributed by atoms with Crippen LogP contribution in [0.5, 0.6) is 0 Å². The van der Waals surface area contributed by atoms with E-state index in [-0.39, 0.29) is 19.6 Å². The maximum Gasteiger partial charge on any atom is 0.407 e. The van der Waals surface area contributed by atoms with Crippen molar-refractivity contribution in [2.75, 3.05) is 13.2 Å². The summed E-state index contributed by atoms with van der Waals surface area (Å²) in [6.07, 6.45) is 0.634. The highest BCUT2D eigenvalue weighted by Gasteiger charge is 2.67. The quantitative estimate of drug-likeness (QED) is 0.319. The van der Waals surface area contributed by atoms with Gasteiger partial charge in [-0.15, -0.1) is 0 Å². The first kappa shape index (κ1) is 39.6. The van der Waals surface area contributed by atoms with Crippen LogP contribution in [-0.2, 0) is 40.4 Å². The van der Waals surface area contributed by atoms with Crippen LogP contribution in [0.25, 0.3) is 11.1 Å². The van der Waals surface area contributed by atoms with E-state index in [0.717, 1.165) is 59.9 Å². The number of benzene rings is 2. The van der Waals surface area contributed by atoms with Gasteiger partial charge in [0.2, 0.25) is 28.3 Å². The first-order chi connectivity index (χ1) is 26.6. The fourth-order valence-corrected chi connectivity index (χ4v) is 9.34. The molecule has 0 unspecified atom stereocenters. The summed E-state index contributed by atoms with van der Waals surface area (Å²) in [7, 11) is -4.12. The number of alkyl halides is 2. The van der Waals surface area contributed by atoms with Crippen molar-refractivity contribution < 1.29 is 46.0 Å². The molecule has 2 aliphatic heterocycles. The molecule has 56 heavy (non-hydrogen) atoms. The first-order valence-electron chi connectivity index (χ1n) is 19.5. The number of nitrogens with one attached hydrogen (secondary N) is 3. The molecule has 3 fully saturated rings. The summed E-state index contributed by atoms with van der Waals surface area (Å²) in [5.74, 6) is -4.48. The number of carbonyl (C=O) groups excluding carboxylic acids is 4. The normalized spacial score (nSPS) is 28.1. The van der Waals surface area contributed by atoms with Crippen molar-refractivity contribution in [2.24, 2.45) is 16.5 Å². The van der Waals surface area contributed by atoms with Crippen LogP contribution in [0, 0.1) is 11.3 Å². The predicted molar refractivity (Wildman–Crippen MR) is 202 cm³/mol. The standard InChI is InChI=1S/C40H49F2N5O8S/c1-39(2,3)33-36(49)47-22-24(20-31(47)35(48)44-40(21-30(40)34(41)42)37(50)46-56(52,53)25-15-16-25)55-45-32-28-13-9-8-12-26(28)27-17-14-23(19-29(27)32)11-7-5-4-6-10-18-54-38(51)43-33/h8-9,12-14,17,19,24-25,30-31,33-34H,4-7,10-11,15-16,18,20-22H2,1-3H3,(H,43,51)(H,44,48)(H,46,50)/b45-32+/t24-,30+,31+,33-,40+/m1/s1. The van der Waals surface area contributed by atoms with Gasteiger partial charge in [-0.05, 0) is 66.7 Å². The number of alkyl carbamates (subject to hydrolysis) is 1. The fraction of sp³-hybridized carbons (Fsp3) is 0.575. The van der Waals surface area contributed by atoms with Gasteiger partial charge < -0.3 is 25.1 Å². The van der Waals surface area contributed by atoms with E-state index in [0.29, 0.717) is 25.0 Å². The van der Waals surface area contributed by atoms with Gasteiger partial charge in [0, 0.05) is 17.5 Å². The third kappa shape index (κ3) is 8.12. The average Bonchev–Trinajstić information content (AvgIpc) is 4.06. The number of hydrogen-bond acceptors (Lipinski definition) is 9. The molecule has 4 bridgehead atoms. The van der Waals surface area contributed by atoms with E-state index in [4.69, 9.17) is 9.57 Å². The Morgan fingerprint density at radius 3 is 2.38 bits per heavy atom. The largest absolute Gasteiger partial charge is 0.450 e. The van der Waals surface area contributed by atoms with Crippen LogP contribution in [0.1, 0.15) is 95.2 Å². The molecule has 2 aromatic rings. The first-order valence-corrected chi connectivity index (χ1v) is 21.0. The highest BCUT2D eigenvalue weighted by molar-refractivity contribution is 7.91. The molecule has 3 N–H and O–H groups in total. The predicted octanol–water partition coefficient (Wildman–Crippen LogP) is 4.80. The molecule has 4 amide bonds. The van der Waals surface area contributed by atoms with Crippen molar-refractivity contribution in [1.82, 2.24) is 20.3 Å². The molecule has 3 aliphatic carbocycles. The zero-order valence-electron chi connectivity index (χ0n) is 31.8. The number of halogens is 2. The van der Waals surface area contributed by atoms with Crippen LogP contribution in [0.4, 0.5) is 13.6 Å². The summed E-state index contributed by atoms with van der Waals surface area (Å²) in [5.41, 5.74) is 2.39. The van der Waals surface area contributed by atoms with Gasteiger partial charge in [-0.25, -0.2) is 22.0 Å². The molecule has 16 heteroatoms. The summed E-state index contributed by atoms with van der Waals surface area (Å²) in [5, 5.41) is 8.94. The molecule has 2 heterocycles. The van der Waals surface area contributed by atoms with E-state index in [1.807, 2.05) is 29.0 Å². The number of oxime groups is 1. The van der Waals surface area contributed by atoms with E-state index in [1.54, 1.807) is 20.8 Å². The molecule has 2 saturated carbocycles. The molecule has 0 spiro atoms. The summed E-state index contributed by atoms with van der Waals surface area (Å²) >= 11 is 0. The van der Waals surface area contributed by atoms with Crippen LogP contribution < -0.4 is 15.4 Å². The second-order valence-corrected chi connectivity index (χ2v) is 18.7. The lowest BCUT2D eigenvalue weighted by atomic mass is 9.85. The van der Waals surface area contributed by atoms with Crippen molar-refractivity contribution in [1.29, 1.82) is 0 Å². The van der Waals surface area contributed by atoms with Crippen LogP contribution >= 0.6 is 0 Å². The Hall–Kier alpha value is -4.60. The molecule has 5 aliphatic rings.